The van der Waals surface area contributed by atoms with Crippen molar-refractivity contribution in [2.45, 2.75) is 0 Å². The van der Waals surface area contributed by atoms with Crippen molar-refractivity contribution in [2.24, 2.45) is 0 Å². The standard InChI is InChI=1S/C60H39NO/c1-2-11-40(12-3-1)45-15-8-16-46(37-45)41-25-31-50(32-26-41)61(51-33-27-42(28-34-51)47-30-35-54-49(38-47)24-23-43-13-4-6-19-53(43)54)52-18-9-17-48(39-52)55-21-10-22-58-59(55)57-36-29-44-14-5-7-20-56(44)60(57)62-58/h1-39H. The molecule has 0 spiro atoms. The molecule has 0 aliphatic carbocycles. The molecule has 12 rings (SSSR count). The second-order valence-corrected chi connectivity index (χ2v) is 16.1. The molecule has 0 bridgehead atoms. The van der Waals surface area contributed by atoms with E-state index in [2.05, 4.69) is 241 Å². The number of furan rings is 1. The summed E-state index contributed by atoms with van der Waals surface area (Å²) in [4.78, 5) is 2.37. The van der Waals surface area contributed by atoms with Crippen LogP contribution in [0.15, 0.2) is 241 Å². The Balaban J connectivity index is 0.959. The van der Waals surface area contributed by atoms with Crippen LogP contribution in [0.5, 0.6) is 0 Å². The SMILES string of the molecule is c1ccc(-c2cccc(-c3ccc(N(c4ccc(-c5ccc6c(ccc7ccccc76)c5)cc4)c4cccc(-c5cccc6oc7c8ccccc8ccc7c56)c4)cc3)c2)cc1. The van der Waals surface area contributed by atoms with Crippen LogP contribution in [0.2, 0.25) is 0 Å². The Kier molecular flexibility index (Phi) is 8.53. The first-order chi connectivity index (χ1) is 30.7. The zero-order chi connectivity index (χ0) is 41.0. The zero-order valence-corrected chi connectivity index (χ0v) is 33.9. The summed E-state index contributed by atoms with van der Waals surface area (Å²) in [5.74, 6) is 0. The van der Waals surface area contributed by atoms with Gasteiger partial charge < -0.3 is 9.32 Å². The van der Waals surface area contributed by atoms with Gasteiger partial charge in [0.15, 0.2) is 0 Å². The van der Waals surface area contributed by atoms with Crippen molar-refractivity contribution < 1.29 is 4.42 Å². The smallest absolute Gasteiger partial charge is 0.143 e. The fraction of sp³-hybridized carbons (Fsp3) is 0. The van der Waals surface area contributed by atoms with Gasteiger partial charge in [0.2, 0.25) is 0 Å². The average molecular weight is 790 g/mol. The molecule has 0 unspecified atom stereocenters. The number of nitrogens with zero attached hydrogens (tertiary/aromatic N) is 1. The van der Waals surface area contributed by atoms with E-state index in [9.17, 15) is 0 Å². The summed E-state index contributed by atoms with van der Waals surface area (Å²) in [6, 6.07) is 85.4. The Morgan fingerprint density at radius 3 is 1.55 bits per heavy atom. The second-order valence-electron chi connectivity index (χ2n) is 16.1. The van der Waals surface area contributed by atoms with Gasteiger partial charge in [0.1, 0.15) is 11.2 Å². The lowest BCUT2D eigenvalue weighted by Gasteiger charge is -2.26. The number of hydrogen-bond acceptors (Lipinski definition) is 2. The Labute approximate surface area is 360 Å². The van der Waals surface area contributed by atoms with Gasteiger partial charge in [-0.05, 0) is 132 Å². The number of anilines is 3. The van der Waals surface area contributed by atoms with E-state index in [-0.39, 0.29) is 0 Å². The monoisotopic (exact) mass is 789 g/mol. The molecule has 0 aliphatic heterocycles. The number of fused-ring (bicyclic) bond motifs is 8. The second kappa shape index (κ2) is 14.8. The minimum atomic E-state index is 0.889. The molecule has 2 heteroatoms. The van der Waals surface area contributed by atoms with E-state index >= 15 is 0 Å². The molecule has 2 nitrogen and oxygen atoms in total. The first-order valence-electron chi connectivity index (χ1n) is 21.2. The first kappa shape index (κ1) is 35.7. The quantitative estimate of drug-likeness (QED) is 0.150. The minimum absolute atomic E-state index is 0.889. The summed E-state index contributed by atoms with van der Waals surface area (Å²) in [6.45, 7) is 0. The van der Waals surface area contributed by atoms with Gasteiger partial charge in [-0.25, -0.2) is 0 Å². The first-order valence-corrected chi connectivity index (χ1v) is 21.2. The van der Waals surface area contributed by atoms with Crippen molar-refractivity contribution in [2.75, 3.05) is 4.90 Å². The van der Waals surface area contributed by atoms with Crippen LogP contribution in [0, 0.1) is 0 Å². The molecule has 0 radical (unpaired) electrons. The van der Waals surface area contributed by atoms with Crippen LogP contribution in [0.25, 0.3) is 98.8 Å². The summed E-state index contributed by atoms with van der Waals surface area (Å²) in [6.07, 6.45) is 0. The van der Waals surface area contributed by atoms with Crippen molar-refractivity contribution in [3.8, 4) is 44.5 Å². The molecular weight excluding hydrogens is 751 g/mol. The predicted molar refractivity (Wildman–Crippen MR) is 263 cm³/mol. The third kappa shape index (κ3) is 6.20. The van der Waals surface area contributed by atoms with Crippen LogP contribution in [0.4, 0.5) is 17.1 Å². The molecule has 0 fully saturated rings. The predicted octanol–water partition coefficient (Wildman–Crippen LogP) is 17.2. The highest BCUT2D eigenvalue weighted by Crippen LogP contribution is 2.43. The van der Waals surface area contributed by atoms with Crippen molar-refractivity contribution in [3.05, 3.63) is 237 Å². The fourth-order valence-electron chi connectivity index (χ4n) is 9.36. The maximum Gasteiger partial charge on any atom is 0.143 e. The van der Waals surface area contributed by atoms with E-state index in [0.29, 0.717) is 0 Å². The fourth-order valence-corrected chi connectivity index (χ4v) is 9.36. The normalized spacial score (nSPS) is 11.5. The van der Waals surface area contributed by atoms with Gasteiger partial charge in [-0.3, -0.25) is 0 Å². The van der Waals surface area contributed by atoms with Crippen LogP contribution >= 0.6 is 0 Å². The highest BCUT2D eigenvalue weighted by molar-refractivity contribution is 6.19. The Bertz CT molecular complexity index is 3620. The molecular formula is C60H39NO. The highest BCUT2D eigenvalue weighted by Gasteiger charge is 2.18. The molecule has 0 N–H and O–H groups in total. The molecule has 11 aromatic carbocycles. The topological polar surface area (TPSA) is 16.4 Å². The molecule has 0 saturated carbocycles. The van der Waals surface area contributed by atoms with Crippen LogP contribution in [0.1, 0.15) is 0 Å². The maximum atomic E-state index is 6.60. The third-order valence-electron chi connectivity index (χ3n) is 12.4. The molecule has 1 aromatic heterocycles. The Morgan fingerprint density at radius 2 is 0.790 bits per heavy atom. The van der Waals surface area contributed by atoms with Crippen LogP contribution in [-0.2, 0) is 0 Å². The molecule has 12 aromatic rings. The summed E-state index contributed by atoms with van der Waals surface area (Å²) >= 11 is 0. The van der Waals surface area contributed by atoms with Gasteiger partial charge in [0.25, 0.3) is 0 Å². The van der Waals surface area contributed by atoms with Gasteiger partial charge in [-0.15, -0.1) is 0 Å². The summed E-state index contributed by atoms with van der Waals surface area (Å²) < 4.78 is 6.60. The zero-order valence-electron chi connectivity index (χ0n) is 33.9. The van der Waals surface area contributed by atoms with Crippen molar-refractivity contribution in [3.63, 3.8) is 0 Å². The van der Waals surface area contributed by atoms with Crippen molar-refractivity contribution >= 4 is 71.3 Å². The largest absolute Gasteiger partial charge is 0.455 e. The summed E-state index contributed by atoms with van der Waals surface area (Å²) in [5.41, 5.74) is 14.5. The molecule has 0 saturated heterocycles. The van der Waals surface area contributed by atoms with Crippen LogP contribution in [-0.4, -0.2) is 0 Å². The summed E-state index contributed by atoms with van der Waals surface area (Å²) in [5, 5.41) is 9.62. The van der Waals surface area contributed by atoms with Gasteiger partial charge in [0.05, 0.1) is 0 Å². The Morgan fingerprint density at radius 1 is 0.274 bits per heavy atom. The van der Waals surface area contributed by atoms with E-state index in [1.54, 1.807) is 0 Å². The van der Waals surface area contributed by atoms with Gasteiger partial charge in [-0.2, -0.15) is 0 Å². The average Bonchev–Trinajstić information content (AvgIpc) is 3.75. The van der Waals surface area contributed by atoms with E-state index in [1.165, 1.54) is 60.3 Å². The lowest BCUT2D eigenvalue weighted by Crippen LogP contribution is -2.10. The van der Waals surface area contributed by atoms with Crippen molar-refractivity contribution in [1.82, 2.24) is 0 Å². The number of hydrogen-bond donors (Lipinski definition) is 0. The number of rotatable bonds is 7. The van der Waals surface area contributed by atoms with Crippen molar-refractivity contribution in [1.29, 1.82) is 0 Å². The molecule has 0 aliphatic rings. The van der Waals surface area contributed by atoms with E-state index < -0.39 is 0 Å². The van der Waals surface area contributed by atoms with E-state index in [4.69, 9.17) is 4.42 Å². The van der Waals surface area contributed by atoms with Gasteiger partial charge in [-0.1, -0.05) is 176 Å². The number of benzene rings is 11. The lowest BCUT2D eigenvalue weighted by atomic mass is 9.96. The summed E-state index contributed by atoms with van der Waals surface area (Å²) in [7, 11) is 0. The molecule has 290 valence electrons. The third-order valence-corrected chi connectivity index (χ3v) is 12.4. The lowest BCUT2D eigenvalue weighted by molar-refractivity contribution is 0.673. The van der Waals surface area contributed by atoms with Crippen LogP contribution < -0.4 is 4.90 Å². The molecule has 0 amide bonds. The maximum absolute atomic E-state index is 6.60. The molecule has 62 heavy (non-hydrogen) atoms. The minimum Gasteiger partial charge on any atom is -0.455 e. The molecule has 1 heterocycles. The van der Waals surface area contributed by atoms with Gasteiger partial charge in [0, 0.05) is 33.2 Å². The van der Waals surface area contributed by atoms with E-state index in [0.717, 1.165) is 55.5 Å². The Hall–Kier alpha value is -8.20. The van der Waals surface area contributed by atoms with E-state index in [1.807, 2.05) is 0 Å². The van der Waals surface area contributed by atoms with Crippen LogP contribution in [0.3, 0.4) is 0 Å². The molecule has 0 atom stereocenters. The highest BCUT2D eigenvalue weighted by atomic mass is 16.3. The van der Waals surface area contributed by atoms with Gasteiger partial charge >= 0.3 is 0 Å².